The van der Waals surface area contributed by atoms with E-state index in [1.54, 1.807) is 0 Å². The zero-order valence-corrected chi connectivity index (χ0v) is 12.0. The third-order valence-electron chi connectivity index (χ3n) is 4.94. The van der Waals surface area contributed by atoms with E-state index in [-0.39, 0.29) is 11.5 Å². The Labute approximate surface area is 114 Å². The molecule has 0 aromatic carbocycles. The quantitative estimate of drug-likeness (QED) is 0.903. The first kappa shape index (κ1) is 13.1. The highest BCUT2D eigenvalue weighted by molar-refractivity contribution is 5.09. The molecule has 2 fully saturated rings. The minimum absolute atomic E-state index is 0.159. The minimum atomic E-state index is 0.159. The zero-order chi connectivity index (χ0) is 13.3. The Morgan fingerprint density at radius 3 is 2.89 bits per heavy atom. The van der Waals surface area contributed by atoms with Crippen molar-refractivity contribution in [3.05, 3.63) is 11.7 Å². The maximum atomic E-state index is 5.63. The molecular formula is C14H24N4O. The molecule has 3 rings (SSSR count). The lowest BCUT2D eigenvalue weighted by Crippen LogP contribution is -2.44. The number of nitrogens with one attached hydrogen (secondary N) is 1. The number of likely N-dealkylation sites (N-methyl/N-ethyl adjacent to an activating group) is 1. The van der Waals surface area contributed by atoms with Gasteiger partial charge in [0, 0.05) is 25.0 Å². The highest BCUT2D eigenvalue weighted by Crippen LogP contribution is 2.43. The van der Waals surface area contributed by atoms with Gasteiger partial charge in [-0.3, -0.25) is 4.90 Å². The van der Waals surface area contributed by atoms with Crippen molar-refractivity contribution in [2.24, 2.45) is 0 Å². The summed E-state index contributed by atoms with van der Waals surface area (Å²) in [5.41, 5.74) is 0.159. The largest absolute Gasteiger partial charge is 0.339 e. The van der Waals surface area contributed by atoms with Gasteiger partial charge in [-0.05, 0) is 26.3 Å². The van der Waals surface area contributed by atoms with E-state index in [0.717, 1.165) is 37.8 Å². The van der Waals surface area contributed by atoms with E-state index >= 15 is 0 Å². The molecule has 5 nitrogen and oxygen atoms in total. The molecule has 2 heterocycles. The van der Waals surface area contributed by atoms with Crippen LogP contribution < -0.4 is 5.32 Å². The van der Waals surface area contributed by atoms with Gasteiger partial charge < -0.3 is 9.84 Å². The smallest absolute Gasteiger partial charge is 0.232 e. The van der Waals surface area contributed by atoms with Crippen LogP contribution in [0.5, 0.6) is 0 Å². The van der Waals surface area contributed by atoms with Gasteiger partial charge >= 0.3 is 0 Å². The lowest BCUT2D eigenvalue weighted by atomic mass is 9.83. The molecule has 0 radical (unpaired) electrons. The number of hydrogen-bond donors (Lipinski definition) is 1. The van der Waals surface area contributed by atoms with Crippen LogP contribution in [0.15, 0.2) is 4.52 Å². The van der Waals surface area contributed by atoms with Crippen LogP contribution in [0, 0.1) is 0 Å². The second-order valence-corrected chi connectivity index (χ2v) is 6.00. The van der Waals surface area contributed by atoms with Crippen molar-refractivity contribution in [2.75, 3.05) is 26.7 Å². The van der Waals surface area contributed by atoms with E-state index in [4.69, 9.17) is 9.51 Å². The molecule has 1 aliphatic carbocycles. The summed E-state index contributed by atoms with van der Waals surface area (Å²) in [7, 11) is 2.13. The van der Waals surface area contributed by atoms with Gasteiger partial charge in [0.2, 0.25) is 5.89 Å². The SMILES string of the molecule is CCC1(c2nc(C3CNCCN3C)no2)CCCC1. The molecule has 1 aromatic heterocycles. The summed E-state index contributed by atoms with van der Waals surface area (Å²) in [6.07, 6.45) is 6.08. The number of rotatable bonds is 3. The van der Waals surface area contributed by atoms with Crippen molar-refractivity contribution < 1.29 is 4.52 Å². The normalized spacial score (nSPS) is 27.8. The molecule has 106 valence electrons. The monoisotopic (exact) mass is 264 g/mol. The first-order valence-electron chi connectivity index (χ1n) is 7.50. The van der Waals surface area contributed by atoms with Crippen molar-refractivity contribution in [3.8, 4) is 0 Å². The molecule has 1 unspecified atom stereocenters. The zero-order valence-electron chi connectivity index (χ0n) is 12.0. The second kappa shape index (κ2) is 5.21. The summed E-state index contributed by atoms with van der Waals surface area (Å²) in [6, 6.07) is 0.251. The fourth-order valence-corrected chi connectivity index (χ4v) is 3.45. The molecule has 1 atom stereocenters. The Bertz CT molecular complexity index is 425. The molecule has 5 heteroatoms. The topological polar surface area (TPSA) is 54.2 Å². The predicted octanol–water partition coefficient (Wildman–Crippen LogP) is 1.87. The van der Waals surface area contributed by atoms with E-state index < -0.39 is 0 Å². The number of nitrogens with zero attached hydrogens (tertiary/aromatic N) is 3. The van der Waals surface area contributed by atoms with Gasteiger partial charge in [0.05, 0.1) is 6.04 Å². The maximum absolute atomic E-state index is 5.63. The molecule has 1 saturated carbocycles. The molecule has 19 heavy (non-hydrogen) atoms. The van der Waals surface area contributed by atoms with E-state index in [0.29, 0.717) is 0 Å². The van der Waals surface area contributed by atoms with Crippen LogP contribution in [0.2, 0.25) is 0 Å². The highest BCUT2D eigenvalue weighted by atomic mass is 16.5. The number of aromatic nitrogens is 2. The Morgan fingerprint density at radius 1 is 1.42 bits per heavy atom. The first-order valence-corrected chi connectivity index (χ1v) is 7.50. The molecule has 1 N–H and O–H groups in total. The van der Waals surface area contributed by atoms with Gasteiger partial charge in [-0.25, -0.2) is 0 Å². The van der Waals surface area contributed by atoms with Gasteiger partial charge in [-0.15, -0.1) is 0 Å². The van der Waals surface area contributed by atoms with Crippen molar-refractivity contribution in [2.45, 2.75) is 50.5 Å². The van der Waals surface area contributed by atoms with Crippen LogP contribution in [-0.4, -0.2) is 41.7 Å². The fourth-order valence-electron chi connectivity index (χ4n) is 3.45. The van der Waals surface area contributed by atoms with E-state index in [2.05, 4.69) is 29.3 Å². The van der Waals surface area contributed by atoms with Gasteiger partial charge in [0.1, 0.15) is 0 Å². The second-order valence-electron chi connectivity index (χ2n) is 6.00. The van der Waals surface area contributed by atoms with E-state index in [1.807, 2.05) is 0 Å². The molecule has 1 aliphatic heterocycles. The van der Waals surface area contributed by atoms with Gasteiger partial charge in [0.15, 0.2) is 5.82 Å². The number of piperazine rings is 1. The molecule has 2 aliphatic rings. The first-order chi connectivity index (χ1) is 9.25. The minimum Gasteiger partial charge on any atom is -0.339 e. The fraction of sp³-hybridized carbons (Fsp3) is 0.857. The lowest BCUT2D eigenvalue weighted by molar-refractivity contribution is 0.189. The Morgan fingerprint density at radius 2 is 2.21 bits per heavy atom. The summed E-state index contributed by atoms with van der Waals surface area (Å²) in [4.78, 5) is 7.05. The van der Waals surface area contributed by atoms with Gasteiger partial charge in [-0.1, -0.05) is 24.9 Å². The Balaban J connectivity index is 1.82. The van der Waals surface area contributed by atoms with E-state index in [9.17, 15) is 0 Å². The predicted molar refractivity (Wildman–Crippen MR) is 73.0 cm³/mol. The van der Waals surface area contributed by atoms with Gasteiger partial charge in [-0.2, -0.15) is 4.98 Å². The Kier molecular flexibility index (Phi) is 3.58. The summed E-state index contributed by atoms with van der Waals surface area (Å²) in [5.74, 6) is 1.73. The van der Waals surface area contributed by atoms with Crippen LogP contribution in [0.25, 0.3) is 0 Å². The van der Waals surface area contributed by atoms with Crippen molar-refractivity contribution >= 4 is 0 Å². The number of hydrogen-bond acceptors (Lipinski definition) is 5. The molecule has 1 aromatic rings. The summed E-state index contributed by atoms with van der Waals surface area (Å²) >= 11 is 0. The third kappa shape index (κ3) is 2.30. The lowest BCUT2D eigenvalue weighted by Gasteiger charge is -2.30. The summed E-state index contributed by atoms with van der Waals surface area (Å²) < 4.78 is 5.63. The van der Waals surface area contributed by atoms with Crippen molar-refractivity contribution in [1.82, 2.24) is 20.4 Å². The van der Waals surface area contributed by atoms with Crippen LogP contribution in [0.4, 0.5) is 0 Å². The van der Waals surface area contributed by atoms with Crippen LogP contribution in [-0.2, 0) is 5.41 Å². The summed E-state index contributed by atoms with van der Waals surface area (Å²) in [6.45, 7) is 5.22. The van der Waals surface area contributed by atoms with Gasteiger partial charge in [0.25, 0.3) is 0 Å². The average Bonchev–Trinajstić information content (AvgIpc) is 3.09. The third-order valence-corrected chi connectivity index (χ3v) is 4.94. The Hall–Kier alpha value is -0.940. The average molecular weight is 264 g/mol. The summed E-state index contributed by atoms with van der Waals surface area (Å²) in [5, 5.41) is 7.66. The standard InChI is InChI=1S/C14H24N4O/c1-3-14(6-4-5-7-14)13-16-12(17-19-13)11-10-15-8-9-18(11)2/h11,15H,3-10H2,1-2H3. The van der Waals surface area contributed by atoms with Crippen LogP contribution >= 0.6 is 0 Å². The molecule has 1 saturated heterocycles. The molecule has 0 bridgehead atoms. The van der Waals surface area contributed by atoms with Crippen molar-refractivity contribution in [1.29, 1.82) is 0 Å². The molecule has 0 amide bonds. The van der Waals surface area contributed by atoms with Crippen LogP contribution in [0.1, 0.15) is 56.8 Å². The van der Waals surface area contributed by atoms with Crippen LogP contribution in [0.3, 0.4) is 0 Å². The van der Waals surface area contributed by atoms with E-state index in [1.165, 1.54) is 25.7 Å². The van der Waals surface area contributed by atoms with Crippen molar-refractivity contribution in [3.63, 3.8) is 0 Å². The molecular weight excluding hydrogens is 240 g/mol. The molecule has 0 spiro atoms. The highest BCUT2D eigenvalue weighted by Gasteiger charge is 2.40. The maximum Gasteiger partial charge on any atom is 0.232 e.